The van der Waals surface area contributed by atoms with Crippen molar-refractivity contribution in [3.8, 4) is 11.5 Å². The molecule has 0 aliphatic rings. The number of rotatable bonds is 4. The summed E-state index contributed by atoms with van der Waals surface area (Å²) in [4.78, 5) is 20.5. The minimum atomic E-state index is -4.08. The van der Waals surface area contributed by atoms with Crippen molar-refractivity contribution in [1.29, 1.82) is 0 Å². The lowest BCUT2D eigenvalue weighted by molar-refractivity contribution is 0.102. The van der Waals surface area contributed by atoms with E-state index in [2.05, 4.69) is 20.4 Å². The molecular formula is C14H14N6O4S. The number of hydrogen-bond acceptors (Lipinski definition) is 7. The Bertz CT molecular complexity index is 1050. The topological polar surface area (TPSA) is 146 Å². The summed E-state index contributed by atoms with van der Waals surface area (Å²) in [6.07, 6.45) is 4.10. The van der Waals surface area contributed by atoms with E-state index >= 15 is 0 Å². The molecule has 0 atom stereocenters. The quantitative estimate of drug-likeness (QED) is 0.693. The Kier molecular flexibility index (Phi) is 4.10. The van der Waals surface area contributed by atoms with Gasteiger partial charge in [-0.25, -0.2) is 18.5 Å². The lowest BCUT2D eigenvalue weighted by Crippen LogP contribution is -2.18. The van der Waals surface area contributed by atoms with E-state index in [9.17, 15) is 13.2 Å². The van der Waals surface area contributed by atoms with Crippen molar-refractivity contribution in [2.45, 2.75) is 11.9 Å². The third-order valence-electron chi connectivity index (χ3n) is 3.19. The highest BCUT2D eigenvalue weighted by molar-refractivity contribution is 7.89. The zero-order chi connectivity index (χ0) is 18.2. The van der Waals surface area contributed by atoms with Crippen LogP contribution in [0.5, 0.6) is 0 Å². The highest BCUT2D eigenvalue weighted by atomic mass is 32.2. The van der Waals surface area contributed by atoms with E-state index in [1.807, 2.05) is 6.92 Å². The van der Waals surface area contributed by atoms with Crippen LogP contribution in [-0.2, 0) is 17.1 Å². The number of nitrogens with one attached hydrogen (secondary N) is 1. The fraction of sp³-hybridized carbons (Fsp3) is 0.143. The Balaban J connectivity index is 1.86. The van der Waals surface area contributed by atoms with Crippen LogP contribution in [0.25, 0.3) is 11.5 Å². The SMILES string of the molecule is Cc1cc(-c2nc(C(=O)Nc3cn(C)nc3S(N)(=O)=O)co2)ccn1. The lowest BCUT2D eigenvalue weighted by Gasteiger charge is -2.01. The second-order valence-corrected chi connectivity index (χ2v) is 6.72. The summed E-state index contributed by atoms with van der Waals surface area (Å²) in [5, 5.41) is 10.8. The van der Waals surface area contributed by atoms with Gasteiger partial charge in [0.2, 0.25) is 10.9 Å². The summed E-state index contributed by atoms with van der Waals surface area (Å²) in [5.41, 5.74) is 1.38. The van der Waals surface area contributed by atoms with Crippen LogP contribution in [-0.4, -0.2) is 34.1 Å². The molecule has 25 heavy (non-hydrogen) atoms. The molecule has 0 unspecified atom stereocenters. The highest BCUT2D eigenvalue weighted by Crippen LogP contribution is 2.21. The van der Waals surface area contributed by atoms with Crippen LogP contribution in [0, 0.1) is 6.92 Å². The largest absolute Gasteiger partial charge is 0.444 e. The summed E-state index contributed by atoms with van der Waals surface area (Å²) < 4.78 is 29.6. The van der Waals surface area contributed by atoms with Crippen molar-refractivity contribution < 1.29 is 17.6 Å². The Hall–Kier alpha value is -3.05. The van der Waals surface area contributed by atoms with Gasteiger partial charge in [0.05, 0.1) is 0 Å². The molecule has 0 fully saturated rings. The Morgan fingerprint density at radius 2 is 2.16 bits per heavy atom. The average Bonchev–Trinajstić information content (AvgIpc) is 3.13. The van der Waals surface area contributed by atoms with E-state index in [1.165, 1.54) is 24.2 Å². The molecule has 3 N–H and O–H groups in total. The normalized spacial score (nSPS) is 11.5. The number of carbonyl (C=O) groups is 1. The number of nitrogens with zero attached hydrogens (tertiary/aromatic N) is 4. The van der Waals surface area contributed by atoms with Crippen LogP contribution < -0.4 is 10.5 Å². The molecule has 3 aromatic heterocycles. The summed E-state index contributed by atoms with van der Waals surface area (Å²) >= 11 is 0. The first-order valence-corrected chi connectivity index (χ1v) is 8.55. The number of primary sulfonamides is 1. The standard InChI is InChI=1S/C14H14N6O4S/c1-8-5-9(3-4-16-8)13-18-11(7-24-13)12(21)17-10-6-20(2)19-14(10)25(15,22)23/h3-7H,1-2H3,(H,17,21)(H2,15,22,23). The maximum absolute atomic E-state index is 12.3. The number of aryl methyl sites for hydroxylation is 2. The van der Waals surface area contributed by atoms with Gasteiger partial charge in [0.1, 0.15) is 12.0 Å². The minimum Gasteiger partial charge on any atom is -0.444 e. The molecule has 3 rings (SSSR count). The Morgan fingerprint density at radius 1 is 1.40 bits per heavy atom. The Labute approximate surface area is 142 Å². The van der Waals surface area contributed by atoms with Crippen LogP contribution in [0.15, 0.2) is 40.2 Å². The molecule has 0 aliphatic heterocycles. The van der Waals surface area contributed by atoms with E-state index in [1.54, 1.807) is 18.3 Å². The van der Waals surface area contributed by atoms with E-state index < -0.39 is 21.0 Å². The second-order valence-electron chi connectivity index (χ2n) is 5.24. The fourth-order valence-electron chi connectivity index (χ4n) is 2.14. The van der Waals surface area contributed by atoms with Gasteiger partial charge < -0.3 is 9.73 Å². The fourth-order valence-corrected chi connectivity index (χ4v) is 2.79. The molecule has 1 amide bonds. The maximum atomic E-state index is 12.3. The summed E-state index contributed by atoms with van der Waals surface area (Å²) in [7, 11) is -2.58. The van der Waals surface area contributed by atoms with Crippen molar-refractivity contribution >= 4 is 21.6 Å². The predicted octanol–water partition coefficient (Wildman–Crippen LogP) is 0.678. The Morgan fingerprint density at radius 3 is 2.84 bits per heavy atom. The van der Waals surface area contributed by atoms with Gasteiger partial charge in [0, 0.05) is 30.7 Å². The summed E-state index contributed by atoms with van der Waals surface area (Å²) in [5.74, 6) is -0.410. The number of anilines is 1. The molecule has 0 saturated carbocycles. The van der Waals surface area contributed by atoms with Gasteiger partial charge in [-0.05, 0) is 19.1 Å². The van der Waals surface area contributed by atoms with Crippen molar-refractivity contribution in [2.75, 3.05) is 5.32 Å². The number of carbonyl (C=O) groups excluding carboxylic acids is 1. The molecule has 3 heterocycles. The number of amides is 1. The molecular weight excluding hydrogens is 348 g/mol. The van der Waals surface area contributed by atoms with Gasteiger partial charge in [0.15, 0.2) is 5.69 Å². The molecule has 10 nitrogen and oxygen atoms in total. The molecule has 11 heteroatoms. The third kappa shape index (κ3) is 3.56. The van der Waals surface area contributed by atoms with Crippen LogP contribution in [0.1, 0.15) is 16.2 Å². The van der Waals surface area contributed by atoms with E-state index in [0.717, 1.165) is 5.69 Å². The minimum absolute atomic E-state index is 0.0197. The third-order valence-corrected chi connectivity index (χ3v) is 4.03. The molecule has 0 aliphatic carbocycles. The van der Waals surface area contributed by atoms with Gasteiger partial charge >= 0.3 is 0 Å². The van der Waals surface area contributed by atoms with Crippen molar-refractivity contribution in [1.82, 2.24) is 19.7 Å². The molecule has 3 aromatic rings. The molecule has 0 spiro atoms. The number of sulfonamides is 1. The molecule has 130 valence electrons. The van der Waals surface area contributed by atoms with Crippen molar-refractivity contribution in [3.63, 3.8) is 0 Å². The van der Waals surface area contributed by atoms with Crippen LogP contribution in [0.3, 0.4) is 0 Å². The van der Waals surface area contributed by atoms with E-state index in [-0.39, 0.29) is 17.3 Å². The number of aromatic nitrogens is 4. The van der Waals surface area contributed by atoms with Gasteiger partial charge in [-0.3, -0.25) is 14.5 Å². The van der Waals surface area contributed by atoms with Gasteiger partial charge in [-0.15, -0.1) is 0 Å². The zero-order valence-corrected chi connectivity index (χ0v) is 14.1. The van der Waals surface area contributed by atoms with Crippen LogP contribution in [0.2, 0.25) is 0 Å². The number of nitrogens with two attached hydrogens (primary N) is 1. The smallest absolute Gasteiger partial charge is 0.277 e. The second kappa shape index (κ2) is 6.11. The van der Waals surface area contributed by atoms with Gasteiger partial charge in [-0.2, -0.15) is 5.10 Å². The maximum Gasteiger partial charge on any atom is 0.277 e. The first-order chi connectivity index (χ1) is 11.7. The lowest BCUT2D eigenvalue weighted by atomic mass is 10.2. The number of oxazole rings is 1. The number of hydrogen-bond donors (Lipinski definition) is 2. The monoisotopic (exact) mass is 362 g/mol. The molecule has 0 bridgehead atoms. The van der Waals surface area contributed by atoms with Gasteiger partial charge in [-0.1, -0.05) is 0 Å². The summed E-state index contributed by atoms with van der Waals surface area (Å²) in [6.45, 7) is 1.82. The average molecular weight is 362 g/mol. The first kappa shape index (κ1) is 16.8. The number of pyridine rings is 1. The van der Waals surface area contributed by atoms with Crippen molar-refractivity contribution in [3.05, 3.63) is 42.2 Å². The van der Waals surface area contributed by atoms with Crippen LogP contribution in [0.4, 0.5) is 5.69 Å². The van der Waals surface area contributed by atoms with Crippen LogP contribution >= 0.6 is 0 Å². The first-order valence-electron chi connectivity index (χ1n) is 7.00. The molecule has 0 saturated heterocycles. The predicted molar refractivity (Wildman–Crippen MR) is 87.0 cm³/mol. The van der Waals surface area contributed by atoms with Crippen molar-refractivity contribution in [2.24, 2.45) is 12.2 Å². The zero-order valence-electron chi connectivity index (χ0n) is 13.3. The van der Waals surface area contributed by atoms with Gasteiger partial charge in [0.25, 0.3) is 15.9 Å². The van der Waals surface area contributed by atoms with E-state index in [0.29, 0.717) is 5.56 Å². The molecule has 0 aromatic carbocycles. The molecule has 0 radical (unpaired) electrons. The highest BCUT2D eigenvalue weighted by Gasteiger charge is 2.22. The summed E-state index contributed by atoms with van der Waals surface area (Å²) in [6, 6.07) is 3.45. The van der Waals surface area contributed by atoms with E-state index in [4.69, 9.17) is 9.56 Å².